The zero-order chi connectivity index (χ0) is 10.3. The van der Waals surface area contributed by atoms with Crippen molar-refractivity contribution in [1.82, 2.24) is 5.32 Å². The second-order valence-electron chi connectivity index (χ2n) is 3.12. The third-order valence-electron chi connectivity index (χ3n) is 1.56. The minimum absolute atomic E-state index is 0.0122. The van der Waals surface area contributed by atoms with Gasteiger partial charge in [-0.3, -0.25) is 4.79 Å². The summed E-state index contributed by atoms with van der Waals surface area (Å²) in [6.07, 6.45) is 2.49. The Kier molecular flexibility index (Phi) is 7.00. The van der Waals surface area contributed by atoms with E-state index in [0.717, 1.165) is 5.75 Å². The van der Waals surface area contributed by atoms with Crippen LogP contribution in [0.4, 0.5) is 0 Å². The van der Waals surface area contributed by atoms with Gasteiger partial charge in [0.1, 0.15) is 0 Å². The van der Waals surface area contributed by atoms with Gasteiger partial charge in [-0.25, -0.2) is 0 Å². The molecule has 2 nitrogen and oxygen atoms in total. The standard InChI is InChI=1S/C8H15Cl2NOS/c1-8(5-9,6-10)11-7(12)3-4-13-2/h3-6H2,1-2H3,(H,11,12). The molecule has 0 aromatic heterocycles. The molecule has 5 heteroatoms. The van der Waals surface area contributed by atoms with Gasteiger partial charge in [-0.05, 0) is 13.2 Å². The number of amides is 1. The summed E-state index contributed by atoms with van der Waals surface area (Å²) in [4.78, 5) is 11.3. The lowest BCUT2D eigenvalue weighted by Gasteiger charge is -2.25. The SMILES string of the molecule is CSCCC(=O)NC(C)(CCl)CCl. The van der Waals surface area contributed by atoms with Gasteiger partial charge in [0.05, 0.1) is 5.54 Å². The van der Waals surface area contributed by atoms with Crippen LogP contribution < -0.4 is 5.32 Å². The maximum absolute atomic E-state index is 11.3. The lowest BCUT2D eigenvalue weighted by molar-refractivity contribution is -0.122. The van der Waals surface area contributed by atoms with Crippen molar-refractivity contribution in [1.29, 1.82) is 0 Å². The first kappa shape index (κ1) is 13.4. The van der Waals surface area contributed by atoms with E-state index in [-0.39, 0.29) is 5.91 Å². The number of carbonyl (C=O) groups excluding carboxylic acids is 1. The lowest BCUT2D eigenvalue weighted by Crippen LogP contribution is -2.49. The van der Waals surface area contributed by atoms with E-state index in [1.54, 1.807) is 11.8 Å². The molecule has 0 unspecified atom stereocenters. The molecule has 0 bridgehead atoms. The smallest absolute Gasteiger partial charge is 0.221 e. The second-order valence-corrected chi connectivity index (χ2v) is 4.64. The summed E-state index contributed by atoms with van der Waals surface area (Å²) in [7, 11) is 0. The maximum Gasteiger partial charge on any atom is 0.221 e. The number of thioether (sulfide) groups is 1. The fourth-order valence-corrected chi connectivity index (χ4v) is 1.51. The Morgan fingerprint density at radius 2 is 2.00 bits per heavy atom. The summed E-state index contributed by atoms with van der Waals surface area (Å²) < 4.78 is 0. The van der Waals surface area contributed by atoms with E-state index in [0.29, 0.717) is 18.2 Å². The Hall–Kier alpha value is 0.400. The fourth-order valence-electron chi connectivity index (χ4n) is 0.696. The number of rotatable bonds is 6. The van der Waals surface area contributed by atoms with Crippen LogP contribution in [0.2, 0.25) is 0 Å². The van der Waals surface area contributed by atoms with Gasteiger partial charge in [-0.1, -0.05) is 0 Å². The van der Waals surface area contributed by atoms with Gasteiger partial charge < -0.3 is 5.32 Å². The van der Waals surface area contributed by atoms with Gasteiger partial charge in [-0.2, -0.15) is 11.8 Å². The Morgan fingerprint density at radius 1 is 1.46 bits per heavy atom. The molecule has 78 valence electrons. The number of alkyl halides is 2. The van der Waals surface area contributed by atoms with E-state index < -0.39 is 5.54 Å². The Balaban J connectivity index is 3.87. The zero-order valence-corrected chi connectivity index (χ0v) is 10.2. The molecule has 0 aliphatic rings. The van der Waals surface area contributed by atoms with Gasteiger partial charge in [0.15, 0.2) is 0 Å². The molecule has 0 radical (unpaired) electrons. The highest BCUT2D eigenvalue weighted by Gasteiger charge is 2.23. The number of nitrogens with one attached hydrogen (secondary N) is 1. The second kappa shape index (κ2) is 6.80. The highest BCUT2D eigenvalue weighted by atomic mass is 35.5. The molecule has 0 saturated heterocycles. The van der Waals surface area contributed by atoms with Gasteiger partial charge in [0, 0.05) is 23.9 Å². The lowest BCUT2D eigenvalue weighted by atomic mass is 10.1. The zero-order valence-electron chi connectivity index (χ0n) is 7.90. The monoisotopic (exact) mass is 243 g/mol. The summed E-state index contributed by atoms with van der Waals surface area (Å²) in [5.41, 5.74) is -0.474. The van der Waals surface area contributed by atoms with Crippen molar-refractivity contribution in [2.45, 2.75) is 18.9 Å². The molecule has 0 aromatic rings. The van der Waals surface area contributed by atoms with Crippen LogP contribution in [-0.4, -0.2) is 35.2 Å². The first-order valence-corrected chi connectivity index (χ1v) is 6.46. The first-order chi connectivity index (χ1) is 6.08. The van der Waals surface area contributed by atoms with Crippen molar-refractivity contribution in [2.24, 2.45) is 0 Å². The minimum Gasteiger partial charge on any atom is -0.349 e. The number of hydrogen-bond donors (Lipinski definition) is 1. The maximum atomic E-state index is 11.3. The Morgan fingerprint density at radius 3 is 2.38 bits per heavy atom. The summed E-state index contributed by atoms with van der Waals surface area (Å²) in [5.74, 6) is 1.51. The molecule has 0 heterocycles. The summed E-state index contributed by atoms with van der Waals surface area (Å²) in [5, 5.41) is 2.81. The van der Waals surface area contributed by atoms with E-state index in [1.807, 2.05) is 13.2 Å². The highest BCUT2D eigenvalue weighted by molar-refractivity contribution is 7.98. The molecule has 0 saturated carbocycles. The molecule has 13 heavy (non-hydrogen) atoms. The highest BCUT2D eigenvalue weighted by Crippen LogP contribution is 2.09. The predicted octanol–water partition coefficient (Wildman–Crippen LogP) is 2.09. The largest absolute Gasteiger partial charge is 0.349 e. The van der Waals surface area contributed by atoms with Crippen molar-refractivity contribution in [3.63, 3.8) is 0 Å². The number of hydrogen-bond acceptors (Lipinski definition) is 2. The molecule has 1 N–H and O–H groups in total. The van der Waals surface area contributed by atoms with Crippen LogP contribution in [0.5, 0.6) is 0 Å². The summed E-state index contributed by atoms with van der Waals surface area (Å²) in [6.45, 7) is 1.84. The number of halogens is 2. The summed E-state index contributed by atoms with van der Waals surface area (Å²) >= 11 is 13.0. The predicted molar refractivity (Wildman–Crippen MR) is 61.0 cm³/mol. The van der Waals surface area contributed by atoms with E-state index in [9.17, 15) is 4.79 Å². The number of carbonyl (C=O) groups is 1. The Bertz CT molecular complexity index is 162. The third-order valence-corrected chi connectivity index (χ3v) is 3.36. The van der Waals surface area contributed by atoms with Crippen LogP contribution in [-0.2, 0) is 4.79 Å². The van der Waals surface area contributed by atoms with E-state index in [2.05, 4.69) is 5.32 Å². The van der Waals surface area contributed by atoms with Gasteiger partial charge in [-0.15, -0.1) is 23.2 Å². The van der Waals surface area contributed by atoms with Crippen molar-refractivity contribution >= 4 is 40.9 Å². The molecule has 0 atom stereocenters. The van der Waals surface area contributed by atoms with Crippen LogP contribution in [0.25, 0.3) is 0 Å². The van der Waals surface area contributed by atoms with Crippen molar-refractivity contribution < 1.29 is 4.79 Å². The molecule has 0 spiro atoms. The van der Waals surface area contributed by atoms with Crippen molar-refractivity contribution in [3.8, 4) is 0 Å². The van der Waals surface area contributed by atoms with Gasteiger partial charge >= 0.3 is 0 Å². The van der Waals surface area contributed by atoms with Crippen LogP contribution in [0.15, 0.2) is 0 Å². The quantitative estimate of drug-likeness (QED) is 0.725. The molecule has 0 aliphatic carbocycles. The van der Waals surface area contributed by atoms with Crippen LogP contribution in [0, 0.1) is 0 Å². The van der Waals surface area contributed by atoms with E-state index in [1.165, 1.54) is 0 Å². The van der Waals surface area contributed by atoms with E-state index in [4.69, 9.17) is 23.2 Å². The van der Waals surface area contributed by atoms with Gasteiger partial charge in [0.2, 0.25) is 5.91 Å². The van der Waals surface area contributed by atoms with Crippen LogP contribution >= 0.6 is 35.0 Å². The average molecular weight is 244 g/mol. The third kappa shape index (κ3) is 5.66. The molecule has 0 rings (SSSR count). The normalized spacial score (nSPS) is 11.4. The molecule has 0 aliphatic heterocycles. The summed E-state index contributed by atoms with van der Waals surface area (Å²) in [6, 6.07) is 0. The van der Waals surface area contributed by atoms with Crippen molar-refractivity contribution in [3.05, 3.63) is 0 Å². The topological polar surface area (TPSA) is 29.1 Å². The molecular formula is C8H15Cl2NOS. The molecular weight excluding hydrogens is 229 g/mol. The van der Waals surface area contributed by atoms with E-state index >= 15 is 0 Å². The average Bonchev–Trinajstić information content (AvgIpc) is 2.14. The minimum atomic E-state index is -0.474. The van der Waals surface area contributed by atoms with Gasteiger partial charge in [0.25, 0.3) is 0 Å². The first-order valence-electron chi connectivity index (χ1n) is 4.00. The Labute approximate surface area is 93.7 Å². The fraction of sp³-hybridized carbons (Fsp3) is 0.875. The molecule has 0 aromatic carbocycles. The molecule has 0 fully saturated rings. The van der Waals surface area contributed by atoms with Crippen LogP contribution in [0.1, 0.15) is 13.3 Å². The van der Waals surface area contributed by atoms with Crippen molar-refractivity contribution in [2.75, 3.05) is 23.8 Å². The molecule has 1 amide bonds. The van der Waals surface area contributed by atoms with Crippen LogP contribution in [0.3, 0.4) is 0 Å².